The number of hydrogen-bond donors (Lipinski definition) is 1. The van der Waals surface area contributed by atoms with Crippen molar-refractivity contribution in [3.8, 4) is 0 Å². The third-order valence-electron chi connectivity index (χ3n) is 5.63. The summed E-state index contributed by atoms with van der Waals surface area (Å²) in [5.74, 6) is 0.554. The van der Waals surface area contributed by atoms with Crippen LogP contribution in [0.5, 0.6) is 0 Å². The number of anilines is 1. The standard InChI is InChI=1S/C25H27N3O/c29-25(17-21-10-7-14-26-18-21)28-15-13-24(27-23-11-5-2-6-12-23)22(19-28)16-20-8-3-1-4-9-20/h1-12,14,18,22,24,27H,13,15-17,19H2/t22-,24+/m0/s1. The Morgan fingerprint density at radius 2 is 1.69 bits per heavy atom. The van der Waals surface area contributed by atoms with Crippen molar-refractivity contribution >= 4 is 11.6 Å². The number of rotatable bonds is 6. The molecular formula is C25H27N3O. The quantitative estimate of drug-likeness (QED) is 0.692. The number of nitrogens with one attached hydrogen (secondary N) is 1. The van der Waals surface area contributed by atoms with Crippen molar-refractivity contribution in [1.29, 1.82) is 0 Å². The molecule has 1 aromatic heterocycles. The number of para-hydroxylation sites is 1. The van der Waals surface area contributed by atoms with Gasteiger partial charge >= 0.3 is 0 Å². The van der Waals surface area contributed by atoms with Gasteiger partial charge in [-0.1, -0.05) is 54.6 Å². The average molecular weight is 386 g/mol. The van der Waals surface area contributed by atoms with Crippen molar-refractivity contribution in [2.75, 3.05) is 18.4 Å². The summed E-state index contributed by atoms with van der Waals surface area (Å²) in [6.07, 6.45) is 5.85. The maximum absolute atomic E-state index is 12.9. The Morgan fingerprint density at radius 3 is 2.41 bits per heavy atom. The summed E-state index contributed by atoms with van der Waals surface area (Å²) in [6, 6.07) is 25.1. The number of carbonyl (C=O) groups is 1. The number of benzene rings is 2. The molecule has 0 spiro atoms. The molecule has 1 aliphatic rings. The van der Waals surface area contributed by atoms with Crippen molar-refractivity contribution in [3.05, 3.63) is 96.3 Å². The highest BCUT2D eigenvalue weighted by Gasteiger charge is 2.31. The average Bonchev–Trinajstić information content (AvgIpc) is 2.77. The molecule has 1 saturated heterocycles. The van der Waals surface area contributed by atoms with Gasteiger partial charge in [-0.25, -0.2) is 0 Å². The fourth-order valence-electron chi connectivity index (χ4n) is 4.11. The van der Waals surface area contributed by atoms with E-state index in [2.05, 4.69) is 58.8 Å². The van der Waals surface area contributed by atoms with Crippen LogP contribution in [-0.4, -0.2) is 34.9 Å². The second kappa shape index (κ2) is 9.37. The van der Waals surface area contributed by atoms with Gasteiger partial charge in [0.25, 0.3) is 0 Å². The van der Waals surface area contributed by atoms with Gasteiger partial charge in [-0.3, -0.25) is 9.78 Å². The smallest absolute Gasteiger partial charge is 0.227 e. The van der Waals surface area contributed by atoms with Gasteiger partial charge in [0.15, 0.2) is 0 Å². The topological polar surface area (TPSA) is 45.2 Å². The van der Waals surface area contributed by atoms with Gasteiger partial charge in [-0.05, 0) is 42.2 Å². The van der Waals surface area contributed by atoms with E-state index >= 15 is 0 Å². The van der Waals surface area contributed by atoms with Crippen molar-refractivity contribution in [2.24, 2.45) is 5.92 Å². The predicted molar refractivity (Wildman–Crippen MR) is 117 cm³/mol. The zero-order chi connectivity index (χ0) is 19.9. The summed E-state index contributed by atoms with van der Waals surface area (Å²) < 4.78 is 0. The minimum atomic E-state index is 0.189. The fraction of sp³-hybridized carbons (Fsp3) is 0.280. The molecule has 148 valence electrons. The second-order valence-corrected chi connectivity index (χ2v) is 7.73. The van der Waals surface area contributed by atoms with Crippen LogP contribution in [0.2, 0.25) is 0 Å². The number of piperidine rings is 1. The van der Waals surface area contributed by atoms with Crippen LogP contribution in [-0.2, 0) is 17.6 Å². The van der Waals surface area contributed by atoms with Gasteiger partial charge in [-0.2, -0.15) is 0 Å². The van der Waals surface area contributed by atoms with Crippen molar-refractivity contribution < 1.29 is 4.79 Å². The summed E-state index contributed by atoms with van der Waals surface area (Å²) >= 11 is 0. The Hall–Kier alpha value is -3.14. The van der Waals surface area contributed by atoms with E-state index in [4.69, 9.17) is 0 Å². The van der Waals surface area contributed by atoms with Crippen LogP contribution in [0.4, 0.5) is 5.69 Å². The molecule has 29 heavy (non-hydrogen) atoms. The van der Waals surface area contributed by atoms with E-state index in [0.29, 0.717) is 18.4 Å². The van der Waals surface area contributed by atoms with Gasteiger partial charge in [0.2, 0.25) is 5.91 Å². The third-order valence-corrected chi connectivity index (χ3v) is 5.63. The maximum Gasteiger partial charge on any atom is 0.227 e. The molecule has 2 atom stereocenters. The van der Waals surface area contributed by atoms with Gasteiger partial charge in [-0.15, -0.1) is 0 Å². The highest BCUT2D eigenvalue weighted by Crippen LogP contribution is 2.25. The monoisotopic (exact) mass is 385 g/mol. The van der Waals surface area contributed by atoms with Crippen LogP contribution in [0, 0.1) is 5.92 Å². The Morgan fingerprint density at radius 1 is 0.966 bits per heavy atom. The van der Waals surface area contributed by atoms with Crippen LogP contribution in [0.15, 0.2) is 85.2 Å². The van der Waals surface area contributed by atoms with Gasteiger partial charge in [0, 0.05) is 43.1 Å². The summed E-state index contributed by atoms with van der Waals surface area (Å²) in [5, 5.41) is 3.71. The van der Waals surface area contributed by atoms with E-state index in [-0.39, 0.29) is 5.91 Å². The van der Waals surface area contributed by atoms with E-state index in [1.165, 1.54) is 5.56 Å². The Labute approximate surface area is 172 Å². The molecule has 0 unspecified atom stereocenters. The molecule has 0 bridgehead atoms. The minimum absolute atomic E-state index is 0.189. The summed E-state index contributed by atoms with van der Waals surface area (Å²) in [7, 11) is 0. The van der Waals surface area contributed by atoms with Crippen LogP contribution in [0.1, 0.15) is 17.5 Å². The van der Waals surface area contributed by atoms with Gasteiger partial charge in [0.05, 0.1) is 6.42 Å². The zero-order valence-electron chi connectivity index (χ0n) is 16.6. The van der Waals surface area contributed by atoms with Crippen LogP contribution in [0.3, 0.4) is 0 Å². The number of amides is 1. The first-order valence-corrected chi connectivity index (χ1v) is 10.3. The number of hydrogen-bond acceptors (Lipinski definition) is 3. The number of likely N-dealkylation sites (tertiary alicyclic amines) is 1. The number of aromatic nitrogens is 1. The lowest BCUT2D eigenvalue weighted by atomic mass is 9.86. The predicted octanol–water partition coefficient (Wildman–Crippen LogP) is 4.20. The molecule has 0 radical (unpaired) electrons. The van der Waals surface area contributed by atoms with Gasteiger partial charge < -0.3 is 10.2 Å². The largest absolute Gasteiger partial charge is 0.382 e. The molecule has 1 fully saturated rings. The van der Waals surface area contributed by atoms with Gasteiger partial charge in [0.1, 0.15) is 0 Å². The SMILES string of the molecule is O=C(Cc1cccnc1)N1CC[C@@H](Nc2ccccc2)[C@@H](Cc2ccccc2)C1. The number of nitrogens with zero attached hydrogens (tertiary/aromatic N) is 2. The first-order chi connectivity index (χ1) is 14.3. The lowest BCUT2D eigenvalue weighted by Crippen LogP contribution is -2.49. The molecule has 1 amide bonds. The highest BCUT2D eigenvalue weighted by molar-refractivity contribution is 5.78. The Kier molecular flexibility index (Phi) is 6.20. The fourth-order valence-corrected chi connectivity index (χ4v) is 4.11. The van der Waals surface area contributed by atoms with E-state index in [1.54, 1.807) is 12.4 Å². The minimum Gasteiger partial charge on any atom is -0.382 e. The summed E-state index contributed by atoms with van der Waals surface area (Å²) in [6.45, 7) is 1.56. The van der Waals surface area contributed by atoms with Crippen molar-refractivity contribution in [1.82, 2.24) is 9.88 Å². The number of carbonyl (C=O) groups excluding carboxylic acids is 1. The van der Waals surface area contributed by atoms with Crippen molar-refractivity contribution in [3.63, 3.8) is 0 Å². The highest BCUT2D eigenvalue weighted by atomic mass is 16.2. The molecule has 2 aromatic carbocycles. The van der Waals surface area contributed by atoms with Crippen molar-refractivity contribution in [2.45, 2.75) is 25.3 Å². The summed E-state index contributed by atoms with van der Waals surface area (Å²) in [5.41, 5.74) is 3.44. The molecule has 3 aromatic rings. The van der Waals surface area contributed by atoms with Crippen LogP contribution in [0.25, 0.3) is 0 Å². The number of pyridine rings is 1. The molecule has 4 rings (SSSR count). The molecule has 0 aliphatic carbocycles. The van der Waals surface area contributed by atoms with E-state index < -0.39 is 0 Å². The van der Waals surface area contributed by atoms with Crippen LogP contribution >= 0.6 is 0 Å². The van der Waals surface area contributed by atoms with E-state index in [0.717, 1.165) is 37.2 Å². The van der Waals surface area contributed by atoms with E-state index in [9.17, 15) is 4.79 Å². The normalized spacial score (nSPS) is 19.0. The Bertz CT molecular complexity index is 899. The molecule has 2 heterocycles. The molecule has 1 aliphatic heterocycles. The Balaban J connectivity index is 1.47. The summed E-state index contributed by atoms with van der Waals surface area (Å²) in [4.78, 5) is 19.1. The molecule has 4 nitrogen and oxygen atoms in total. The maximum atomic E-state index is 12.9. The lowest BCUT2D eigenvalue weighted by Gasteiger charge is -2.39. The van der Waals surface area contributed by atoms with Crippen LogP contribution < -0.4 is 5.32 Å². The first kappa shape index (κ1) is 19.2. The second-order valence-electron chi connectivity index (χ2n) is 7.73. The third kappa shape index (κ3) is 5.23. The molecule has 0 saturated carbocycles. The van der Waals surface area contributed by atoms with E-state index in [1.807, 2.05) is 29.2 Å². The molecular weight excluding hydrogens is 358 g/mol. The zero-order valence-corrected chi connectivity index (χ0v) is 16.6. The lowest BCUT2D eigenvalue weighted by molar-refractivity contribution is -0.132. The molecule has 1 N–H and O–H groups in total. The molecule has 4 heteroatoms. The first-order valence-electron chi connectivity index (χ1n) is 10.3.